The first-order valence-electron chi connectivity index (χ1n) is 9.64. The molecule has 2 fully saturated rings. The van der Waals surface area contributed by atoms with Crippen molar-refractivity contribution in [2.75, 3.05) is 24.2 Å². The number of rotatable bonds is 7. The lowest BCUT2D eigenvalue weighted by atomic mass is 9.96. The van der Waals surface area contributed by atoms with E-state index in [9.17, 15) is 9.59 Å². The van der Waals surface area contributed by atoms with Crippen molar-refractivity contribution >= 4 is 39.1 Å². The summed E-state index contributed by atoms with van der Waals surface area (Å²) in [5.41, 5.74) is 0.823. The van der Waals surface area contributed by atoms with Gasteiger partial charge in [-0.05, 0) is 44.2 Å². The van der Waals surface area contributed by atoms with Crippen LogP contribution in [0.3, 0.4) is 0 Å². The second-order valence-electron chi connectivity index (χ2n) is 7.11. The number of unbranched alkanes of at least 4 members (excludes halogenated alkanes) is 1. The average Bonchev–Trinajstić information content (AvgIpc) is 3.19. The summed E-state index contributed by atoms with van der Waals surface area (Å²) >= 11 is 0. The zero-order valence-electron chi connectivity index (χ0n) is 15.2. The van der Waals surface area contributed by atoms with Crippen molar-refractivity contribution in [3.63, 3.8) is 0 Å². The monoisotopic (exact) mass is 392 g/mol. The molecule has 0 aromatic heterocycles. The van der Waals surface area contributed by atoms with E-state index in [-0.39, 0.29) is 17.7 Å². The molecule has 2 aliphatic rings. The minimum Gasteiger partial charge on any atom is -0.342 e. The fraction of sp³-hybridized carbons (Fsp3) is 0.600. The number of nitrogens with one attached hydrogen (secondary N) is 1. The van der Waals surface area contributed by atoms with Crippen molar-refractivity contribution in [3.05, 3.63) is 30.3 Å². The number of carbonyl (C=O) groups excluding carboxylic acids is 2. The lowest BCUT2D eigenvalue weighted by Gasteiger charge is -2.32. The highest BCUT2D eigenvalue weighted by atomic mass is 33.1. The summed E-state index contributed by atoms with van der Waals surface area (Å²) in [4.78, 5) is 26.9. The normalized spacial score (nSPS) is 23.0. The van der Waals surface area contributed by atoms with Crippen molar-refractivity contribution in [1.29, 1.82) is 0 Å². The maximum Gasteiger partial charge on any atom is 0.229 e. The molecule has 2 aliphatic heterocycles. The number of nitrogens with zero attached hydrogens (tertiary/aromatic N) is 1. The van der Waals surface area contributed by atoms with Gasteiger partial charge in [0.05, 0.1) is 5.92 Å². The quantitative estimate of drug-likeness (QED) is 0.545. The van der Waals surface area contributed by atoms with E-state index in [1.54, 1.807) is 0 Å². The van der Waals surface area contributed by atoms with E-state index in [1.165, 1.54) is 18.6 Å². The van der Waals surface area contributed by atoms with Crippen molar-refractivity contribution in [2.24, 2.45) is 5.92 Å². The van der Waals surface area contributed by atoms with Crippen LogP contribution in [0.25, 0.3) is 0 Å². The van der Waals surface area contributed by atoms with E-state index in [0.717, 1.165) is 43.2 Å². The van der Waals surface area contributed by atoms with E-state index < -0.39 is 0 Å². The van der Waals surface area contributed by atoms with E-state index >= 15 is 0 Å². The molecule has 2 amide bonds. The van der Waals surface area contributed by atoms with Crippen LogP contribution in [-0.4, -0.2) is 40.8 Å². The van der Waals surface area contributed by atoms with Gasteiger partial charge >= 0.3 is 0 Å². The lowest BCUT2D eigenvalue weighted by molar-refractivity contribution is -0.134. The number of hydrogen-bond donors (Lipinski definition) is 1. The Morgan fingerprint density at radius 3 is 2.77 bits per heavy atom. The minimum absolute atomic E-state index is 0.0319. The van der Waals surface area contributed by atoms with Gasteiger partial charge < -0.3 is 10.2 Å². The Morgan fingerprint density at radius 2 is 2.00 bits per heavy atom. The molecular formula is C20H28N2O2S2. The second kappa shape index (κ2) is 10.3. The number of carbonyl (C=O) groups is 2. The number of para-hydroxylation sites is 1. The molecule has 4 nitrogen and oxygen atoms in total. The van der Waals surface area contributed by atoms with Crippen LogP contribution < -0.4 is 5.32 Å². The molecule has 2 atom stereocenters. The highest BCUT2D eigenvalue weighted by Gasteiger charge is 2.28. The molecule has 1 aromatic rings. The first-order valence-corrected chi connectivity index (χ1v) is 12.0. The molecule has 6 heteroatoms. The first-order chi connectivity index (χ1) is 12.7. The molecule has 3 rings (SSSR count). The molecule has 142 valence electrons. The van der Waals surface area contributed by atoms with Crippen molar-refractivity contribution in [2.45, 2.75) is 50.2 Å². The van der Waals surface area contributed by atoms with Gasteiger partial charge in [0.2, 0.25) is 11.8 Å². The summed E-state index contributed by atoms with van der Waals surface area (Å²) in [5, 5.41) is 3.76. The largest absolute Gasteiger partial charge is 0.342 e. The Balaban J connectivity index is 1.39. The molecular weight excluding hydrogens is 364 g/mol. The van der Waals surface area contributed by atoms with Crippen LogP contribution in [0.15, 0.2) is 30.3 Å². The van der Waals surface area contributed by atoms with E-state index in [2.05, 4.69) is 5.32 Å². The lowest BCUT2D eigenvalue weighted by Crippen LogP contribution is -2.43. The molecule has 0 radical (unpaired) electrons. The zero-order chi connectivity index (χ0) is 18.2. The minimum atomic E-state index is -0.0974. The Labute approximate surface area is 164 Å². The van der Waals surface area contributed by atoms with Crippen LogP contribution in [0.2, 0.25) is 0 Å². The predicted molar refractivity (Wildman–Crippen MR) is 111 cm³/mol. The number of benzene rings is 1. The highest BCUT2D eigenvalue weighted by Crippen LogP contribution is 2.39. The molecule has 0 unspecified atom stereocenters. The highest BCUT2D eigenvalue weighted by molar-refractivity contribution is 8.77. The van der Waals surface area contributed by atoms with E-state index in [4.69, 9.17) is 0 Å². The second-order valence-corrected chi connectivity index (χ2v) is 9.90. The third-order valence-corrected chi connectivity index (χ3v) is 8.09. The first kappa shape index (κ1) is 19.6. The molecule has 1 aromatic carbocycles. The molecule has 1 N–H and O–H groups in total. The molecule has 0 bridgehead atoms. The Kier molecular flexibility index (Phi) is 7.74. The van der Waals surface area contributed by atoms with Crippen LogP contribution in [0.1, 0.15) is 44.9 Å². The smallest absolute Gasteiger partial charge is 0.229 e. The van der Waals surface area contributed by atoms with Gasteiger partial charge in [0.25, 0.3) is 0 Å². The fourth-order valence-corrected chi connectivity index (χ4v) is 6.58. The molecule has 0 aliphatic carbocycles. The van der Waals surface area contributed by atoms with Crippen molar-refractivity contribution < 1.29 is 9.59 Å². The SMILES string of the molecule is O=C(Nc1ccccc1)[C@H]1CCCN(C(=O)CCCC[C@@H]2CCSS2)C1. The molecule has 0 saturated carbocycles. The van der Waals surface area contributed by atoms with E-state index in [0.29, 0.717) is 13.0 Å². The Morgan fingerprint density at radius 1 is 1.15 bits per heavy atom. The summed E-state index contributed by atoms with van der Waals surface area (Å²) in [6.07, 6.45) is 7.04. The van der Waals surface area contributed by atoms with Crippen LogP contribution in [0.5, 0.6) is 0 Å². The van der Waals surface area contributed by atoms with Gasteiger partial charge in [-0.2, -0.15) is 0 Å². The maximum atomic E-state index is 12.5. The maximum absolute atomic E-state index is 12.5. The fourth-order valence-electron chi connectivity index (χ4n) is 3.55. The van der Waals surface area contributed by atoms with Crippen molar-refractivity contribution in [3.8, 4) is 0 Å². The zero-order valence-corrected chi connectivity index (χ0v) is 16.8. The standard InChI is InChI=1S/C20H28N2O2S2/c23-19(11-5-4-10-18-12-14-25-26-18)22-13-6-7-16(15-22)20(24)21-17-8-2-1-3-9-17/h1-3,8-9,16,18H,4-7,10-15H2,(H,21,24)/t16-,18+/m0/s1. The topological polar surface area (TPSA) is 49.4 Å². The Hall–Kier alpha value is -1.14. The number of likely N-dealkylation sites (tertiary alicyclic amines) is 1. The van der Waals surface area contributed by atoms with Gasteiger partial charge in [-0.15, -0.1) is 0 Å². The van der Waals surface area contributed by atoms with Gasteiger partial charge in [-0.25, -0.2) is 0 Å². The molecule has 2 saturated heterocycles. The summed E-state index contributed by atoms with van der Waals surface area (Å²) in [7, 11) is 3.99. The molecule has 0 spiro atoms. The van der Waals surface area contributed by atoms with Crippen LogP contribution in [0.4, 0.5) is 5.69 Å². The van der Waals surface area contributed by atoms with Gasteiger partial charge in [-0.1, -0.05) is 46.2 Å². The molecule has 2 heterocycles. The number of amides is 2. The van der Waals surface area contributed by atoms with Crippen LogP contribution in [0, 0.1) is 5.92 Å². The number of hydrogen-bond acceptors (Lipinski definition) is 4. The summed E-state index contributed by atoms with van der Waals surface area (Å²) in [6.45, 7) is 1.36. The van der Waals surface area contributed by atoms with Gasteiger partial charge in [0, 0.05) is 36.2 Å². The summed E-state index contributed by atoms with van der Waals surface area (Å²) in [6, 6.07) is 9.54. The van der Waals surface area contributed by atoms with Crippen LogP contribution >= 0.6 is 21.6 Å². The summed E-state index contributed by atoms with van der Waals surface area (Å²) in [5.74, 6) is 1.43. The van der Waals surface area contributed by atoms with Gasteiger partial charge in [0.1, 0.15) is 0 Å². The van der Waals surface area contributed by atoms with E-state index in [1.807, 2.05) is 56.8 Å². The number of piperidine rings is 1. The Bertz CT molecular complexity index is 591. The van der Waals surface area contributed by atoms with Gasteiger partial charge in [0.15, 0.2) is 0 Å². The predicted octanol–water partition coefficient (Wildman–Crippen LogP) is 4.58. The summed E-state index contributed by atoms with van der Waals surface area (Å²) < 4.78 is 0. The third kappa shape index (κ3) is 5.95. The van der Waals surface area contributed by atoms with Crippen LogP contribution in [-0.2, 0) is 9.59 Å². The average molecular weight is 393 g/mol. The molecule has 26 heavy (non-hydrogen) atoms. The van der Waals surface area contributed by atoms with Gasteiger partial charge in [-0.3, -0.25) is 9.59 Å². The number of anilines is 1. The third-order valence-electron chi connectivity index (χ3n) is 5.08. The van der Waals surface area contributed by atoms with Crippen molar-refractivity contribution in [1.82, 2.24) is 4.90 Å².